The molecule has 0 radical (unpaired) electrons. The monoisotopic (exact) mass is 393 g/mol. The van der Waals surface area contributed by atoms with Gasteiger partial charge in [-0.1, -0.05) is 17.7 Å². The number of ether oxygens (including phenoxy) is 2. The van der Waals surface area contributed by atoms with Crippen LogP contribution in [0.3, 0.4) is 0 Å². The molecule has 26 heavy (non-hydrogen) atoms. The first-order chi connectivity index (χ1) is 12.6. The lowest BCUT2D eigenvalue weighted by Crippen LogP contribution is -2.30. The lowest BCUT2D eigenvalue weighted by atomic mass is 10.0. The topological polar surface area (TPSA) is 55.8 Å². The molecule has 138 valence electrons. The maximum absolute atomic E-state index is 13.1. The molecule has 1 atom stereocenters. The zero-order chi connectivity index (χ0) is 18.1. The summed E-state index contributed by atoms with van der Waals surface area (Å²) in [5.74, 6) is 1.41. The number of rotatable bonds is 3. The number of hydrogen-bond acceptors (Lipinski definition) is 4. The smallest absolute Gasteiger partial charge is 0.243 e. The summed E-state index contributed by atoms with van der Waals surface area (Å²) in [7, 11) is -3.58. The van der Waals surface area contributed by atoms with Crippen molar-refractivity contribution in [1.29, 1.82) is 0 Å². The predicted octanol–water partition coefficient (Wildman–Crippen LogP) is 4.03. The quantitative estimate of drug-likeness (QED) is 0.790. The Hall–Kier alpha value is -1.76. The first-order valence-corrected chi connectivity index (χ1v) is 10.5. The van der Waals surface area contributed by atoms with Crippen molar-refractivity contribution in [2.24, 2.45) is 0 Å². The minimum Gasteiger partial charge on any atom is -0.490 e. The van der Waals surface area contributed by atoms with Gasteiger partial charge in [-0.25, -0.2) is 8.42 Å². The molecule has 5 nitrogen and oxygen atoms in total. The highest BCUT2D eigenvalue weighted by Crippen LogP contribution is 2.40. The Balaban J connectivity index is 1.66. The third kappa shape index (κ3) is 3.29. The van der Waals surface area contributed by atoms with Gasteiger partial charge in [-0.3, -0.25) is 0 Å². The molecule has 0 aliphatic carbocycles. The number of halogens is 1. The highest BCUT2D eigenvalue weighted by molar-refractivity contribution is 7.89. The van der Waals surface area contributed by atoms with Crippen molar-refractivity contribution < 1.29 is 17.9 Å². The van der Waals surface area contributed by atoms with Crippen molar-refractivity contribution in [3.63, 3.8) is 0 Å². The molecule has 0 N–H and O–H groups in total. The van der Waals surface area contributed by atoms with Crippen LogP contribution >= 0.6 is 11.6 Å². The summed E-state index contributed by atoms with van der Waals surface area (Å²) in [5, 5.41) is 0.518. The van der Waals surface area contributed by atoms with E-state index >= 15 is 0 Å². The van der Waals surface area contributed by atoms with Gasteiger partial charge in [-0.05, 0) is 54.8 Å². The molecule has 4 rings (SSSR count). The summed E-state index contributed by atoms with van der Waals surface area (Å²) in [6.07, 6.45) is 2.45. The highest BCUT2D eigenvalue weighted by atomic mass is 35.5. The second kappa shape index (κ2) is 7.10. The molecule has 2 aliphatic rings. The van der Waals surface area contributed by atoms with Crippen molar-refractivity contribution >= 4 is 21.6 Å². The molecular formula is C19H20ClNO4S. The van der Waals surface area contributed by atoms with Crippen molar-refractivity contribution in [3.05, 3.63) is 53.1 Å². The van der Waals surface area contributed by atoms with E-state index < -0.39 is 10.0 Å². The van der Waals surface area contributed by atoms with Crippen molar-refractivity contribution in [3.8, 4) is 11.5 Å². The average Bonchev–Trinajstić information content (AvgIpc) is 3.02. The van der Waals surface area contributed by atoms with E-state index in [0.29, 0.717) is 30.5 Å². The molecular weight excluding hydrogens is 374 g/mol. The fourth-order valence-electron chi connectivity index (χ4n) is 3.49. The zero-order valence-corrected chi connectivity index (χ0v) is 15.8. The maximum Gasteiger partial charge on any atom is 0.243 e. The number of fused-ring (bicyclic) bond motifs is 1. The Labute approximate surface area is 158 Å². The van der Waals surface area contributed by atoms with Crippen LogP contribution in [0.2, 0.25) is 5.02 Å². The van der Waals surface area contributed by atoms with Gasteiger partial charge in [0.05, 0.1) is 24.2 Å². The lowest BCUT2D eigenvalue weighted by molar-refractivity contribution is 0.296. The average molecular weight is 394 g/mol. The van der Waals surface area contributed by atoms with E-state index in [0.717, 1.165) is 30.6 Å². The normalized spacial score (nSPS) is 20.7. The fourth-order valence-corrected chi connectivity index (χ4v) is 5.30. The molecule has 1 fully saturated rings. The Morgan fingerprint density at radius 2 is 1.69 bits per heavy atom. The minimum atomic E-state index is -3.58. The van der Waals surface area contributed by atoms with Crippen LogP contribution in [0.25, 0.3) is 0 Å². The van der Waals surface area contributed by atoms with E-state index in [1.807, 2.05) is 18.2 Å². The minimum absolute atomic E-state index is 0.201. The van der Waals surface area contributed by atoms with Crippen LogP contribution in [-0.2, 0) is 10.0 Å². The Morgan fingerprint density at radius 1 is 0.962 bits per heavy atom. The summed E-state index contributed by atoms with van der Waals surface area (Å²) < 4.78 is 39.2. The number of hydrogen-bond donors (Lipinski definition) is 0. The molecule has 0 bridgehead atoms. The van der Waals surface area contributed by atoms with Crippen LogP contribution in [0.5, 0.6) is 11.5 Å². The van der Waals surface area contributed by atoms with Gasteiger partial charge in [-0.2, -0.15) is 4.31 Å². The summed E-state index contributed by atoms with van der Waals surface area (Å²) in [5.41, 5.74) is 0.935. The molecule has 0 aromatic heterocycles. The second-order valence-electron chi connectivity index (χ2n) is 6.48. The lowest BCUT2D eigenvalue weighted by Gasteiger charge is -2.25. The van der Waals surface area contributed by atoms with Gasteiger partial charge in [0.25, 0.3) is 0 Å². The predicted molar refractivity (Wildman–Crippen MR) is 99.4 cm³/mol. The van der Waals surface area contributed by atoms with E-state index in [1.165, 1.54) is 0 Å². The van der Waals surface area contributed by atoms with Crippen LogP contribution in [0, 0.1) is 0 Å². The third-order valence-corrected chi connectivity index (χ3v) is 6.95. The Bertz CT molecular complexity index is 898. The van der Waals surface area contributed by atoms with Gasteiger partial charge in [0.15, 0.2) is 11.5 Å². The molecule has 7 heteroatoms. The van der Waals surface area contributed by atoms with Gasteiger partial charge in [-0.15, -0.1) is 0 Å². The number of sulfonamides is 1. The number of benzene rings is 2. The van der Waals surface area contributed by atoms with Crippen molar-refractivity contribution in [2.45, 2.75) is 30.2 Å². The molecule has 0 saturated carbocycles. The molecule has 2 aromatic carbocycles. The summed E-state index contributed by atoms with van der Waals surface area (Å²) in [6, 6.07) is 11.9. The van der Waals surface area contributed by atoms with Crippen LogP contribution in [-0.4, -0.2) is 32.5 Å². The summed E-state index contributed by atoms with van der Waals surface area (Å²) in [6.45, 7) is 1.74. The highest BCUT2D eigenvalue weighted by Gasteiger charge is 2.36. The standard InChI is InChI=1S/C19H20ClNO4S/c20-15-5-7-16(8-6-15)26(22,23)21-10-1-3-17(21)14-4-9-18-19(13-14)25-12-2-11-24-18/h4-9,13,17H,1-3,10-12H2. The third-order valence-electron chi connectivity index (χ3n) is 4.78. The van der Waals surface area contributed by atoms with E-state index in [-0.39, 0.29) is 10.9 Å². The first-order valence-electron chi connectivity index (χ1n) is 8.73. The van der Waals surface area contributed by atoms with E-state index in [2.05, 4.69) is 0 Å². The Morgan fingerprint density at radius 3 is 2.46 bits per heavy atom. The second-order valence-corrected chi connectivity index (χ2v) is 8.81. The first kappa shape index (κ1) is 17.6. The largest absolute Gasteiger partial charge is 0.490 e. The van der Waals surface area contributed by atoms with E-state index in [1.54, 1.807) is 28.6 Å². The maximum atomic E-state index is 13.1. The van der Waals surface area contributed by atoms with E-state index in [9.17, 15) is 8.42 Å². The van der Waals surface area contributed by atoms with Crippen LogP contribution in [0.1, 0.15) is 30.9 Å². The van der Waals surface area contributed by atoms with Crippen LogP contribution in [0.4, 0.5) is 0 Å². The number of nitrogens with zero attached hydrogens (tertiary/aromatic N) is 1. The van der Waals surface area contributed by atoms with Crippen molar-refractivity contribution in [1.82, 2.24) is 4.31 Å². The molecule has 1 saturated heterocycles. The molecule has 2 heterocycles. The Kier molecular flexibility index (Phi) is 4.82. The van der Waals surface area contributed by atoms with Crippen LogP contribution in [0.15, 0.2) is 47.4 Å². The SMILES string of the molecule is O=S(=O)(c1ccc(Cl)cc1)N1CCCC1c1ccc2c(c1)OCCCO2. The zero-order valence-electron chi connectivity index (χ0n) is 14.2. The summed E-state index contributed by atoms with van der Waals surface area (Å²) in [4.78, 5) is 0.267. The molecule has 0 spiro atoms. The van der Waals surface area contributed by atoms with Gasteiger partial charge in [0, 0.05) is 18.0 Å². The van der Waals surface area contributed by atoms with Crippen molar-refractivity contribution in [2.75, 3.05) is 19.8 Å². The molecule has 1 unspecified atom stereocenters. The van der Waals surface area contributed by atoms with Gasteiger partial charge < -0.3 is 9.47 Å². The molecule has 2 aliphatic heterocycles. The van der Waals surface area contributed by atoms with Gasteiger partial charge in [0.1, 0.15) is 0 Å². The summed E-state index contributed by atoms with van der Waals surface area (Å²) >= 11 is 5.89. The molecule has 2 aromatic rings. The molecule has 0 amide bonds. The van der Waals surface area contributed by atoms with Crippen LogP contribution < -0.4 is 9.47 Å². The fraction of sp³-hybridized carbons (Fsp3) is 0.368. The van der Waals surface area contributed by atoms with E-state index in [4.69, 9.17) is 21.1 Å². The van der Waals surface area contributed by atoms with Gasteiger partial charge >= 0.3 is 0 Å². The van der Waals surface area contributed by atoms with Gasteiger partial charge in [0.2, 0.25) is 10.0 Å².